The number of nitrogens with zero attached hydrogens (tertiary/aromatic N) is 5. The Morgan fingerprint density at radius 2 is 1.97 bits per heavy atom. The SMILES string of the molecule is Cc1ccncc1-c1ccc(N)c2cnc(Nc3cnc4c(c3)CN(C)CC4)nc12. The molecule has 0 spiro atoms. The van der Waals surface area contributed by atoms with Crippen molar-refractivity contribution < 1.29 is 0 Å². The predicted molar refractivity (Wildman–Crippen MR) is 119 cm³/mol. The molecule has 4 aromatic rings. The van der Waals surface area contributed by atoms with E-state index in [1.807, 2.05) is 30.6 Å². The number of nitrogens with two attached hydrogens (primary N) is 1. The molecule has 0 aliphatic carbocycles. The molecule has 0 atom stereocenters. The van der Waals surface area contributed by atoms with Crippen LogP contribution in [-0.2, 0) is 13.0 Å². The summed E-state index contributed by atoms with van der Waals surface area (Å²) in [6.45, 7) is 4.01. The molecule has 3 N–H and O–H groups in total. The molecule has 0 radical (unpaired) electrons. The molecule has 1 aliphatic heterocycles. The highest BCUT2D eigenvalue weighted by molar-refractivity contribution is 6.00. The van der Waals surface area contributed by atoms with Crippen molar-refractivity contribution in [1.29, 1.82) is 0 Å². The summed E-state index contributed by atoms with van der Waals surface area (Å²) < 4.78 is 0. The van der Waals surface area contributed by atoms with E-state index in [1.165, 1.54) is 11.3 Å². The fourth-order valence-corrected chi connectivity index (χ4v) is 3.93. The number of fused-ring (bicyclic) bond motifs is 2. The molecule has 0 fully saturated rings. The summed E-state index contributed by atoms with van der Waals surface area (Å²) in [7, 11) is 2.13. The number of anilines is 3. The van der Waals surface area contributed by atoms with Crippen LogP contribution in [0.4, 0.5) is 17.3 Å². The van der Waals surface area contributed by atoms with Gasteiger partial charge in [0.15, 0.2) is 0 Å². The predicted octanol–water partition coefficient (Wildman–Crippen LogP) is 3.71. The fraction of sp³-hybridized carbons (Fsp3) is 0.217. The Kier molecular flexibility index (Phi) is 4.52. The molecule has 7 nitrogen and oxygen atoms in total. The maximum atomic E-state index is 6.20. The highest BCUT2D eigenvalue weighted by atomic mass is 15.1. The maximum absolute atomic E-state index is 6.20. The van der Waals surface area contributed by atoms with E-state index < -0.39 is 0 Å². The van der Waals surface area contributed by atoms with Crippen LogP contribution < -0.4 is 11.1 Å². The van der Waals surface area contributed by atoms with Gasteiger partial charge in [-0.2, -0.15) is 0 Å². The van der Waals surface area contributed by atoms with Crippen molar-refractivity contribution in [3.63, 3.8) is 0 Å². The lowest BCUT2D eigenvalue weighted by molar-refractivity contribution is 0.310. The number of benzene rings is 1. The molecule has 7 heteroatoms. The minimum absolute atomic E-state index is 0.516. The molecular weight excluding hydrogens is 374 g/mol. The van der Waals surface area contributed by atoms with Crippen LogP contribution in [0.3, 0.4) is 0 Å². The van der Waals surface area contributed by atoms with Gasteiger partial charge in [-0.25, -0.2) is 9.97 Å². The topological polar surface area (TPSA) is 92.8 Å². The van der Waals surface area contributed by atoms with Crippen molar-refractivity contribution in [2.24, 2.45) is 0 Å². The first kappa shape index (κ1) is 18.4. The molecule has 0 saturated heterocycles. The number of nitrogens with one attached hydrogen (secondary N) is 1. The Morgan fingerprint density at radius 3 is 2.83 bits per heavy atom. The van der Waals surface area contributed by atoms with Crippen LogP contribution >= 0.6 is 0 Å². The monoisotopic (exact) mass is 397 g/mol. The van der Waals surface area contributed by atoms with Crippen LogP contribution in [-0.4, -0.2) is 38.4 Å². The van der Waals surface area contributed by atoms with Gasteiger partial charge in [-0.15, -0.1) is 0 Å². The number of pyridine rings is 2. The molecule has 0 bridgehead atoms. The van der Waals surface area contributed by atoms with Gasteiger partial charge in [0.1, 0.15) is 0 Å². The normalized spacial score (nSPS) is 13.9. The molecule has 30 heavy (non-hydrogen) atoms. The molecule has 0 unspecified atom stereocenters. The summed E-state index contributed by atoms with van der Waals surface area (Å²) in [4.78, 5) is 20.5. The summed E-state index contributed by atoms with van der Waals surface area (Å²) >= 11 is 0. The maximum Gasteiger partial charge on any atom is 0.227 e. The first-order valence-corrected chi connectivity index (χ1v) is 9.98. The number of nitrogen functional groups attached to an aromatic ring is 1. The van der Waals surface area contributed by atoms with Crippen molar-refractivity contribution in [1.82, 2.24) is 24.8 Å². The number of aromatic nitrogens is 4. The van der Waals surface area contributed by atoms with Crippen LogP contribution in [0.15, 0.2) is 49.1 Å². The van der Waals surface area contributed by atoms with E-state index >= 15 is 0 Å². The van der Waals surface area contributed by atoms with Gasteiger partial charge >= 0.3 is 0 Å². The number of hydrogen-bond acceptors (Lipinski definition) is 7. The molecule has 3 aromatic heterocycles. The lowest BCUT2D eigenvalue weighted by Crippen LogP contribution is -2.27. The fourth-order valence-electron chi connectivity index (χ4n) is 3.93. The van der Waals surface area contributed by atoms with Gasteiger partial charge in [0.25, 0.3) is 0 Å². The summed E-state index contributed by atoms with van der Waals surface area (Å²) in [6, 6.07) is 8.02. The molecule has 0 saturated carbocycles. The Morgan fingerprint density at radius 1 is 1.07 bits per heavy atom. The van der Waals surface area contributed by atoms with Gasteiger partial charge in [-0.05, 0) is 43.3 Å². The summed E-state index contributed by atoms with van der Waals surface area (Å²) in [5.41, 5.74) is 14.1. The molecule has 0 amide bonds. The van der Waals surface area contributed by atoms with E-state index in [4.69, 9.17) is 10.7 Å². The van der Waals surface area contributed by atoms with Gasteiger partial charge < -0.3 is 16.0 Å². The van der Waals surface area contributed by atoms with E-state index in [-0.39, 0.29) is 0 Å². The number of likely N-dealkylation sites (N-methyl/N-ethyl adjacent to an activating group) is 1. The lowest BCUT2D eigenvalue weighted by Gasteiger charge is -2.24. The summed E-state index contributed by atoms with van der Waals surface area (Å²) in [5, 5.41) is 4.14. The molecule has 1 aliphatic rings. The van der Waals surface area contributed by atoms with E-state index in [2.05, 4.69) is 45.2 Å². The van der Waals surface area contributed by atoms with Crippen LogP contribution in [0.25, 0.3) is 22.0 Å². The van der Waals surface area contributed by atoms with Crippen molar-refractivity contribution in [3.8, 4) is 11.1 Å². The van der Waals surface area contributed by atoms with Gasteiger partial charge in [-0.3, -0.25) is 9.97 Å². The minimum atomic E-state index is 0.516. The molecular formula is C23H23N7. The zero-order valence-electron chi connectivity index (χ0n) is 17.1. The number of aryl methyl sites for hydroxylation is 1. The molecule has 5 rings (SSSR count). The lowest BCUT2D eigenvalue weighted by atomic mass is 10.00. The third kappa shape index (κ3) is 3.33. The largest absolute Gasteiger partial charge is 0.398 e. The second-order valence-corrected chi connectivity index (χ2v) is 7.79. The summed E-state index contributed by atoms with van der Waals surface area (Å²) in [5.74, 6) is 0.516. The van der Waals surface area contributed by atoms with E-state index in [0.29, 0.717) is 11.6 Å². The third-order valence-corrected chi connectivity index (χ3v) is 5.60. The smallest absolute Gasteiger partial charge is 0.227 e. The average molecular weight is 397 g/mol. The molecule has 150 valence electrons. The quantitative estimate of drug-likeness (QED) is 0.509. The minimum Gasteiger partial charge on any atom is -0.398 e. The van der Waals surface area contributed by atoms with Gasteiger partial charge in [-0.1, -0.05) is 6.07 Å². The van der Waals surface area contributed by atoms with E-state index in [0.717, 1.165) is 52.8 Å². The highest BCUT2D eigenvalue weighted by Crippen LogP contribution is 2.32. The van der Waals surface area contributed by atoms with Crippen molar-refractivity contribution >= 4 is 28.2 Å². The van der Waals surface area contributed by atoms with Crippen LogP contribution in [0.1, 0.15) is 16.8 Å². The standard InChI is InChI=1S/C23H23N7/c1-14-5-7-25-11-18(14)17-3-4-20(24)19-12-27-23(29-22(17)19)28-16-9-15-13-30(2)8-6-21(15)26-10-16/h3-5,7,9-12H,6,8,13,24H2,1-2H3,(H,27,28,29). The first-order valence-electron chi connectivity index (χ1n) is 9.98. The number of rotatable bonds is 3. The van der Waals surface area contributed by atoms with Gasteiger partial charge in [0.05, 0.1) is 17.4 Å². The van der Waals surface area contributed by atoms with Crippen LogP contribution in [0.5, 0.6) is 0 Å². The van der Waals surface area contributed by atoms with Crippen molar-refractivity contribution in [2.75, 3.05) is 24.6 Å². The van der Waals surface area contributed by atoms with E-state index in [1.54, 1.807) is 12.4 Å². The zero-order valence-corrected chi connectivity index (χ0v) is 17.1. The second-order valence-electron chi connectivity index (χ2n) is 7.79. The van der Waals surface area contributed by atoms with Crippen molar-refractivity contribution in [3.05, 3.63) is 65.9 Å². The second kappa shape index (κ2) is 7.35. The Bertz CT molecular complexity index is 1250. The number of hydrogen-bond donors (Lipinski definition) is 2. The first-order chi connectivity index (χ1) is 14.6. The Labute approximate surface area is 175 Å². The zero-order chi connectivity index (χ0) is 20.7. The average Bonchev–Trinajstić information content (AvgIpc) is 2.74. The van der Waals surface area contributed by atoms with Crippen LogP contribution in [0, 0.1) is 6.92 Å². The van der Waals surface area contributed by atoms with Gasteiger partial charge in [0, 0.05) is 66.0 Å². The molecule has 4 heterocycles. The Hall–Kier alpha value is -3.58. The van der Waals surface area contributed by atoms with Gasteiger partial charge in [0.2, 0.25) is 5.95 Å². The van der Waals surface area contributed by atoms with Crippen molar-refractivity contribution in [2.45, 2.75) is 19.9 Å². The highest BCUT2D eigenvalue weighted by Gasteiger charge is 2.16. The summed E-state index contributed by atoms with van der Waals surface area (Å²) in [6.07, 6.45) is 8.25. The Balaban J connectivity index is 1.56. The molecule has 1 aromatic carbocycles. The van der Waals surface area contributed by atoms with Crippen LogP contribution in [0.2, 0.25) is 0 Å². The third-order valence-electron chi connectivity index (χ3n) is 5.60. The van der Waals surface area contributed by atoms with E-state index in [9.17, 15) is 0 Å².